The van der Waals surface area contributed by atoms with Gasteiger partial charge in [-0.2, -0.15) is 0 Å². The quantitative estimate of drug-likeness (QED) is 0.460. The largest absolute Gasteiger partial charge is 0.463 e. The van der Waals surface area contributed by atoms with Gasteiger partial charge in [-0.1, -0.05) is 0 Å². The van der Waals surface area contributed by atoms with Gasteiger partial charge in [-0.05, 0) is 32.8 Å². The van der Waals surface area contributed by atoms with Crippen LogP contribution in [-0.4, -0.2) is 42.5 Å². The van der Waals surface area contributed by atoms with Crippen molar-refractivity contribution in [3.63, 3.8) is 0 Å². The molecule has 8 nitrogen and oxygen atoms in total. The summed E-state index contributed by atoms with van der Waals surface area (Å²) in [5, 5.41) is 13.7. The van der Waals surface area contributed by atoms with Gasteiger partial charge < -0.3 is 15.0 Å². The minimum atomic E-state index is -0.523. The summed E-state index contributed by atoms with van der Waals surface area (Å²) in [4.78, 5) is 36.5. The number of ether oxygens (including phenoxy) is 1. The summed E-state index contributed by atoms with van der Waals surface area (Å²) in [7, 11) is 0. The van der Waals surface area contributed by atoms with Gasteiger partial charge in [0, 0.05) is 31.8 Å². The van der Waals surface area contributed by atoms with E-state index in [0.717, 1.165) is 25.9 Å². The fourth-order valence-corrected chi connectivity index (χ4v) is 2.75. The van der Waals surface area contributed by atoms with Crippen molar-refractivity contribution in [2.45, 2.75) is 39.2 Å². The third kappa shape index (κ3) is 5.17. The number of anilines is 1. The average molecular weight is 349 g/mol. The van der Waals surface area contributed by atoms with Crippen LogP contribution in [-0.2, 0) is 9.53 Å². The molecular formula is C17H23N3O5. The van der Waals surface area contributed by atoms with Crippen molar-refractivity contribution in [3.05, 3.63) is 33.9 Å². The second-order valence-electron chi connectivity index (χ2n) is 6.20. The molecule has 0 unspecified atom stereocenters. The van der Waals surface area contributed by atoms with Gasteiger partial charge in [-0.3, -0.25) is 19.7 Å². The molecule has 136 valence electrons. The number of benzene rings is 1. The van der Waals surface area contributed by atoms with Gasteiger partial charge in [-0.15, -0.1) is 0 Å². The number of rotatable bonds is 7. The maximum Gasteiger partial charge on any atom is 0.307 e. The highest BCUT2D eigenvalue weighted by Gasteiger charge is 2.22. The molecule has 1 saturated heterocycles. The molecule has 8 heteroatoms. The van der Waals surface area contributed by atoms with Gasteiger partial charge >= 0.3 is 5.97 Å². The molecule has 1 N–H and O–H groups in total. The number of esters is 1. The average Bonchev–Trinajstić information content (AvgIpc) is 3.07. The highest BCUT2D eigenvalue weighted by Crippen LogP contribution is 2.28. The Hall–Kier alpha value is -2.64. The van der Waals surface area contributed by atoms with E-state index in [1.54, 1.807) is 19.9 Å². The Bertz CT molecular complexity index is 654. The molecular weight excluding hydrogens is 326 g/mol. The van der Waals surface area contributed by atoms with Crippen LogP contribution >= 0.6 is 0 Å². The zero-order valence-electron chi connectivity index (χ0n) is 14.5. The second kappa shape index (κ2) is 8.46. The number of hydrogen-bond acceptors (Lipinski definition) is 6. The molecule has 0 spiro atoms. The monoisotopic (exact) mass is 349 g/mol. The minimum Gasteiger partial charge on any atom is -0.463 e. The summed E-state index contributed by atoms with van der Waals surface area (Å²) in [5.74, 6) is -0.822. The third-order valence-corrected chi connectivity index (χ3v) is 3.86. The predicted octanol–water partition coefficient (Wildman–Crippen LogP) is 2.27. The lowest BCUT2D eigenvalue weighted by Crippen LogP contribution is -2.29. The van der Waals surface area contributed by atoms with Gasteiger partial charge in [0.15, 0.2) is 0 Å². The lowest BCUT2D eigenvalue weighted by Gasteiger charge is -2.20. The summed E-state index contributed by atoms with van der Waals surface area (Å²) >= 11 is 0. The highest BCUT2D eigenvalue weighted by atomic mass is 16.6. The van der Waals surface area contributed by atoms with E-state index in [2.05, 4.69) is 5.32 Å². The van der Waals surface area contributed by atoms with Crippen molar-refractivity contribution in [2.24, 2.45) is 0 Å². The molecule has 0 bridgehead atoms. The van der Waals surface area contributed by atoms with Crippen LogP contribution in [0.4, 0.5) is 11.4 Å². The number of non-ortho nitro benzene ring substituents is 1. The van der Waals surface area contributed by atoms with Crippen molar-refractivity contribution < 1.29 is 19.2 Å². The van der Waals surface area contributed by atoms with Crippen molar-refractivity contribution in [2.75, 3.05) is 24.5 Å². The van der Waals surface area contributed by atoms with Crippen LogP contribution in [0.25, 0.3) is 0 Å². The van der Waals surface area contributed by atoms with Crippen LogP contribution in [0.2, 0.25) is 0 Å². The molecule has 0 aromatic heterocycles. The molecule has 1 aromatic carbocycles. The molecule has 1 aliphatic rings. The Kier molecular flexibility index (Phi) is 6.32. The summed E-state index contributed by atoms with van der Waals surface area (Å²) in [6.07, 6.45) is 1.90. The van der Waals surface area contributed by atoms with E-state index < -0.39 is 16.8 Å². The summed E-state index contributed by atoms with van der Waals surface area (Å²) in [6, 6.07) is 4.31. The Labute approximate surface area is 146 Å². The Morgan fingerprint density at radius 3 is 2.60 bits per heavy atom. The molecule has 1 aliphatic heterocycles. The van der Waals surface area contributed by atoms with Crippen LogP contribution in [0.15, 0.2) is 18.2 Å². The first kappa shape index (κ1) is 18.7. The van der Waals surface area contributed by atoms with Crippen LogP contribution in [0.1, 0.15) is 43.5 Å². The van der Waals surface area contributed by atoms with E-state index in [1.165, 1.54) is 12.1 Å². The first-order valence-electron chi connectivity index (χ1n) is 8.39. The highest BCUT2D eigenvalue weighted by molar-refractivity contribution is 6.00. The van der Waals surface area contributed by atoms with Crippen LogP contribution in [0, 0.1) is 10.1 Å². The van der Waals surface area contributed by atoms with Crippen molar-refractivity contribution in [3.8, 4) is 0 Å². The number of nitrogens with zero attached hydrogens (tertiary/aromatic N) is 2. The molecule has 2 rings (SSSR count). The molecule has 1 heterocycles. The maximum absolute atomic E-state index is 12.5. The predicted molar refractivity (Wildman–Crippen MR) is 92.7 cm³/mol. The number of nitro benzene ring substituents is 1. The SMILES string of the molecule is CC(C)OC(=O)CCNC(=O)c1cc([N+](=O)[O-])ccc1N1CCCC1. The van der Waals surface area contributed by atoms with E-state index in [4.69, 9.17) is 4.74 Å². The molecule has 0 atom stereocenters. The fourth-order valence-electron chi connectivity index (χ4n) is 2.75. The summed E-state index contributed by atoms with van der Waals surface area (Å²) < 4.78 is 5.01. The van der Waals surface area contributed by atoms with Gasteiger partial charge in [0.1, 0.15) is 0 Å². The normalized spacial score (nSPS) is 13.8. The van der Waals surface area contributed by atoms with Gasteiger partial charge in [0.25, 0.3) is 11.6 Å². The van der Waals surface area contributed by atoms with Gasteiger partial charge in [0.2, 0.25) is 0 Å². The lowest BCUT2D eigenvalue weighted by molar-refractivity contribution is -0.384. The van der Waals surface area contributed by atoms with Crippen LogP contribution in [0.3, 0.4) is 0 Å². The Balaban J connectivity index is 2.09. The molecule has 25 heavy (non-hydrogen) atoms. The number of nitrogens with one attached hydrogen (secondary N) is 1. The molecule has 0 aliphatic carbocycles. The third-order valence-electron chi connectivity index (χ3n) is 3.86. The number of amides is 1. The van der Waals surface area contributed by atoms with Crippen molar-refractivity contribution in [1.82, 2.24) is 5.32 Å². The fraction of sp³-hybridized carbons (Fsp3) is 0.529. The van der Waals surface area contributed by atoms with Crippen LogP contribution in [0.5, 0.6) is 0 Å². The minimum absolute atomic E-state index is 0.0535. The molecule has 0 saturated carbocycles. The number of hydrogen-bond donors (Lipinski definition) is 1. The second-order valence-corrected chi connectivity index (χ2v) is 6.20. The number of carbonyl (C=O) groups is 2. The number of nitro groups is 1. The topological polar surface area (TPSA) is 102 Å². The van der Waals surface area contributed by atoms with E-state index in [9.17, 15) is 19.7 Å². The van der Waals surface area contributed by atoms with E-state index in [-0.39, 0.29) is 30.3 Å². The smallest absolute Gasteiger partial charge is 0.307 e. The van der Waals surface area contributed by atoms with E-state index in [1.807, 2.05) is 4.90 Å². The van der Waals surface area contributed by atoms with E-state index in [0.29, 0.717) is 5.69 Å². The Morgan fingerprint density at radius 1 is 1.32 bits per heavy atom. The van der Waals surface area contributed by atoms with E-state index >= 15 is 0 Å². The molecule has 1 fully saturated rings. The first-order chi connectivity index (χ1) is 11.9. The Morgan fingerprint density at radius 2 is 2.00 bits per heavy atom. The number of carbonyl (C=O) groups excluding carboxylic acids is 2. The molecule has 0 radical (unpaired) electrons. The molecule has 1 amide bonds. The maximum atomic E-state index is 12.5. The zero-order chi connectivity index (χ0) is 18.4. The van der Waals surface area contributed by atoms with Crippen LogP contribution < -0.4 is 10.2 Å². The summed E-state index contributed by atoms with van der Waals surface area (Å²) in [5.41, 5.74) is 0.811. The van der Waals surface area contributed by atoms with Crippen molar-refractivity contribution >= 4 is 23.3 Å². The van der Waals surface area contributed by atoms with Crippen molar-refractivity contribution in [1.29, 1.82) is 0 Å². The van der Waals surface area contributed by atoms with Gasteiger partial charge in [-0.25, -0.2) is 0 Å². The summed E-state index contributed by atoms with van der Waals surface area (Å²) in [6.45, 7) is 5.26. The lowest BCUT2D eigenvalue weighted by atomic mass is 10.1. The standard InChI is InChI=1S/C17H23N3O5/c1-12(2)25-16(21)7-8-18-17(22)14-11-13(20(23)24)5-6-15(14)19-9-3-4-10-19/h5-6,11-12H,3-4,7-10H2,1-2H3,(H,18,22). The zero-order valence-corrected chi connectivity index (χ0v) is 14.5. The molecule has 1 aromatic rings. The van der Waals surface area contributed by atoms with Gasteiger partial charge in [0.05, 0.1) is 28.7 Å². The first-order valence-corrected chi connectivity index (χ1v) is 8.39.